The first-order valence-electron chi connectivity index (χ1n) is 6.81. The van der Waals surface area contributed by atoms with E-state index >= 15 is 0 Å². The lowest BCUT2D eigenvalue weighted by molar-refractivity contribution is -0.145. The Morgan fingerprint density at radius 2 is 2.15 bits per heavy atom. The third kappa shape index (κ3) is 2.50. The number of methoxy groups -OCH3 is 1. The maximum atomic E-state index is 12.7. The number of likely N-dealkylation sites (tertiary alicyclic amines) is 1. The van der Waals surface area contributed by atoms with Crippen LogP contribution in [0, 0.1) is 0 Å². The first kappa shape index (κ1) is 14.4. The van der Waals surface area contributed by atoms with Crippen molar-refractivity contribution in [3.8, 4) is 0 Å². The fourth-order valence-corrected chi connectivity index (χ4v) is 2.64. The summed E-state index contributed by atoms with van der Waals surface area (Å²) in [5.41, 5.74) is 6.86. The summed E-state index contributed by atoms with van der Waals surface area (Å²) in [5.74, 6) is -0.519. The molecule has 6 heteroatoms. The number of carbonyl (C=O) groups excluding carboxylic acids is 2. The van der Waals surface area contributed by atoms with Crippen molar-refractivity contribution in [3.05, 3.63) is 18.0 Å². The summed E-state index contributed by atoms with van der Waals surface area (Å²) in [6.07, 6.45) is 3.21. The minimum atomic E-state index is -0.482. The highest BCUT2D eigenvalue weighted by atomic mass is 16.5. The summed E-state index contributed by atoms with van der Waals surface area (Å²) in [7, 11) is 1.35. The zero-order valence-corrected chi connectivity index (χ0v) is 12.1. The van der Waals surface area contributed by atoms with Crippen LogP contribution in [0.5, 0.6) is 0 Å². The summed E-state index contributed by atoms with van der Waals surface area (Å²) < 4.78 is 6.61. The van der Waals surface area contributed by atoms with Gasteiger partial charge in [-0.25, -0.2) is 4.79 Å². The Hall–Kier alpha value is -1.98. The number of hydrogen-bond acceptors (Lipinski definition) is 4. The largest absolute Gasteiger partial charge is 0.467 e. The molecule has 2 rings (SSSR count). The Labute approximate surface area is 118 Å². The van der Waals surface area contributed by atoms with Crippen molar-refractivity contribution < 1.29 is 14.3 Å². The first-order chi connectivity index (χ1) is 9.45. The maximum Gasteiger partial charge on any atom is 0.328 e. The molecule has 2 heterocycles. The average Bonchev–Trinajstić information content (AvgIpc) is 3.03. The topological polar surface area (TPSA) is 77.6 Å². The summed E-state index contributed by atoms with van der Waals surface area (Å²) in [5, 5.41) is 0. The van der Waals surface area contributed by atoms with E-state index < -0.39 is 6.04 Å². The lowest BCUT2D eigenvalue weighted by Crippen LogP contribution is -2.41. The fourth-order valence-electron chi connectivity index (χ4n) is 2.64. The smallest absolute Gasteiger partial charge is 0.328 e. The van der Waals surface area contributed by atoms with Gasteiger partial charge in [0.1, 0.15) is 11.7 Å². The number of nitrogen functional groups attached to an aromatic ring is 1. The number of carbonyl (C=O) groups is 2. The second-order valence-corrected chi connectivity index (χ2v) is 5.34. The zero-order valence-electron chi connectivity index (χ0n) is 12.1. The van der Waals surface area contributed by atoms with Gasteiger partial charge in [-0.15, -0.1) is 0 Å². The Balaban J connectivity index is 2.29. The molecule has 0 aliphatic carbocycles. The number of nitrogens with two attached hydrogens (primary N) is 1. The van der Waals surface area contributed by atoms with Crippen molar-refractivity contribution >= 4 is 17.6 Å². The number of esters is 1. The molecular formula is C14H21N3O3. The minimum absolute atomic E-state index is 0.130. The summed E-state index contributed by atoms with van der Waals surface area (Å²) in [6, 6.07) is 1.31. The van der Waals surface area contributed by atoms with E-state index in [0.717, 1.165) is 6.42 Å². The Morgan fingerprint density at radius 3 is 2.75 bits per heavy atom. The molecule has 0 bridgehead atoms. The van der Waals surface area contributed by atoms with Crippen LogP contribution in [-0.4, -0.2) is 41.0 Å². The van der Waals surface area contributed by atoms with Crippen molar-refractivity contribution in [2.45, 2.75) is 38.8 Å². The molecule has 20 heavy (non-hydrogen) atoms. The van der Waals surface area contributed by atoms with Crippen molar-refractivity contribution in [2.75, 3.05) is 19.4 Å². The Kier molecular flexibility index (Phi) is 4.01. The molecule has 1 fully saturated rings. The van der Waals surface area contributed by atoms with Crippen LogP contribution in [0.15, 0.2) is 12.3 Å². The summed E-state index contributed by atoms with van der Waals surface area (Å²) in [4.78, 5) is 26.0. The predicted octanol–water partition coefficient (Wildman–Crippen LogP) is 1.43. The molecule has 2 N–H and O–H groups in total. The zero-order chi connectivity index (χ0) is 14.9. The van der Waals surface area contributed by atoms with Gasteiger partial charge in [0.15, 0.2) is 0 Å². The molecule has 110 valence electrons. The third-order valence-electron chi connectivity index (χ3n) is 3.63. The van der Waals surface area contributed by atoms with Gasteiger partial charge in [0, 0.05) is 18.8 Å². The molecule has 1 amide bonds. The van der Waals surface area contributed by atoms with Gasteiger partial charge < -0.3 is 19.9 Å². The predicted molar refractivity (Wildman–Crippen MR) is 75.3 cm³/mol. The molecule has 1 saturated heterocycles. The van der Waals surface area contributed by atoms with Crippen molar-refractivity contribution in [3.63, 3.8) is 0 Å². The molecule has 1 unspecified atom stereocenters. The van der Waals surface area contributed by atoms with E-state index in [1.807, 2.05) is 18.4 Å². The summed E-state index contributed by atoms with van der Waals surface area (Å²) in [6.45, 7) is 4.54. The number of rotatable bonds is 3. The van der Waals surface area contributed by atoms with Crippen LogP contribution in [0.25, 0.3) is 0 Å². The fraction of sp³-hybridized carbons (Fsp3) is 0.571. The molecule has 1 aromatic heterocycles. The van der Waals surface area contributed by atoms with E-state index in [1.54, 1.807) is 17.2 Å². The number of hydrogen-bond donors (Lipinski definition) is 1. The average molecular weight is 279 g/mol. The second-order valence-electron chi connectivity index (χ2n) is 5.34. The van der Waals surface area contributed by atoms with Crippen LogP contribution in [0.4, 0.5) is 5.69 Å². The third-order valence-corrected chi connectivity index (χ3v) is 3.63. The van der Waals surface area contributed by atoms with E-state index in [-0.39, 0.29) is 17.9 Å². The standard InChI is InChI=1S/C14H21N3O3/c1-9(2)17-8-10(15)7-12(17)13(18)16-6-4-5-11(16)14(19)20-3/h7-9,11H,4-6,15H2,1-3H3. The second kappa shape index (κ2) is 5.56. The van der Waals surface area contributed by atoms with Gasteiger partial charge in [0.2, 0.25) is 0 Å². The van der Waals surface area contributed by atoms with Crippen LogP contribution in [0.1, 0.15) is 43.2 Å². The van der Waals surface area contributed by atoms with Gasteiger partial charge >= 0.3 is 5.97 Å². The number of amides is 1. The SMILES string of the molecule is COC(=O)C1CCCN1C(=O)c1cc(N)cn1C(C)C. The van der Waals surface area contributed by atoms with E-state index in [2.05, 4.69) is 0 Å². The molecule has 0 radical (unpaired) electrons. The highest BCUT2D eigenvalue weighted by Crippen LogP contribution is 2.24. The first-order valence-corrected chi connectivity index (χ1v) is 6.81. The van der Waals surface area contributed by atoms with Crippen LogP contribution in [-0.2, 0) is 9.53 Å². The summed E-state index contributed by atoms with van der Waals surface area (Å²) >= 11 is 0. The molecule has 0 saturated carbocycles. The van der Waals surface area contributed by atoms with Gasteiger partial charge in [0.25, 0.3) is 5.91 Å². The van der Waals surface area contributed by atoms with Crippen molar-refractivity contribution in [1.29, 1.82) is 0 Å². The normalized spacial score (nSPS) is 18.6. The van der Waals surface area contributed by atoms with E-state index in [9.17, 15) is 9.59 Å². The van der Waals surface area contributed by atoms with Crippen LogP contribution in [0.2, 0.25) is 0 Å². The van der Waals surface area contributed by atoms with Gasteiger partial charge in [0.05, 0.1) is 12.8 Å². The number of anilines is 1. The van der Waals surface area contributed by atoms with Crippen LogP contribution >= 0.6 is 0 Å². The molecular weight excluding hydrogens is 258 g/mol. The lowest BCUT2D eigenvalue weighted by atomic mass is 10.2. The maximum absolute atomic E-state index is 12.7. The van der Waals surface area contributed by atoms with E-state index in [0.29, 0.717) is 24.3 Å². The van der Waals surface area contributed by atoms with E-state index in [4.69, 9.17) is 10.5 Å². The molecule has 1 aromatic rings. The monoisotopic (exact) mass is 279 g/mol. The van der Waals surface area contributed by atoms with Gasteiger partial charge in [-0.3, -0.25) is 4.79 Å². The lowest BCUT2D eigenvalue weighted by Gasteiger charge is -2.24. The number of nitrogens with zero attached hydrogens (tertiary/aromatic N) is 2. The molecule has 6 nitrogen and oxygen atoms in total. The Morgan fingerprint density at radius 1 is 1.45 bits per heavy atom. The minimum Gasteiger partial charge on any atom is -0.467 e. The van der Waals surface area contributed by atoms with Crippen molar-refractivity contribution in [1.82, 2.24) is 9.47 Å². The van der Waals surface area contributed by atoms with Crippen molar-refractivity contribution in [2.24, 2.45) is 0 Å². The Bertz CT molecular complexity index is 522. The highest BCUT2D eigenvalue weighted by Gasteiger charge is 2.36. The molecule has 0 spiro atoms. The van der Waals surface area contributed by atoms with Gasteiger partial charge in [-0.1, -0.05) is 0 Å². The number of ether oxygens (including phenoxy) is 1. The van der Waals surface area contributed by atoms with Crippen LogP contribution < -0.4 is 5.73 Å². The van der Waals surface area contributed by atoms with Crippen LogP contribution in [0.3, 0.4) is 0 Å². The molecule has 1 aliphatic heterocycles. The van der Waals surface area contributed by atoms with Gasteiger partial charge in [-0.2, -0.15) is 0 Å². The molecule has 0 aromatic carbocycles. The molecule has 1 aliphatic rings. The highest BCUT2D eigenvalue weighted by molar-refractivity contribution is 5.96. The molecule has 1 atom stereocenters. The number of aromatic nitrogens is 1. The van der Waals surface area contributed by atoms with E-state index in [1.165, 1.54) is 7.11 Å². The quantitative estimate of drug-likeness (QED) is 0.849. The van der Waals surface area contributed by atoms with Gasteiger partial charge in [-0.05, 0) is 32.8 Å².